The predicted molar refractivity (Wildman–Crippen MR) is 182 cm³/mol. The lowest BCUT2D eigenvalue weighted by Crippen LogP contribution is -2.05. The molecular formula is C40H40N2. The second-order valence-electron chi connectivity index (χ2n) is 11.6. The van der Waals surface area contributed by atoms with E-state index in [-0.39, 0.29) is 5.92 Å². The van der Waals surface area contributed by atoms with Crippen LogP contribution in [0.5, 0.6) is 0 Å². The maximum absolute atomic E-state index is 4.29. The van der Waals surface area contributed by atoms with Crippen LogP contribution in [0, 0.1) is 12.8 Å². The smallest absolute Gasteiger partial charge is 0.0497 e. The summed E-state index contributed by atoms with van der Waals surface area (Å²) in [6.07, 6.45) is 12.5. The van der Waals surface area contributed by atoms with Gasteiger partial charge < -0.3 is 0 Å². The average molecular weight is 549 g/mol. The van der Waals surface area contributed by atoms with Crippen molar-refractivity contribution in [3.8, 4) is 33.4 Å². The molecule has 1 aliphatic carbocycles. The average Bonchev–Trinajstić information content (AvgIpc) is 3.01. The van der Waals surface area contributed by atoms with Crippen LogP contribution >= 0.6 is 0 Å². The van der Waals surface area contributed by atoms with Crippen molar-refractivity contribution in [1.82, 2.24) is 4.98 Å². The number of aryl methyl sites for hydroxylation is 1. The summed E-state index contributed by atoms with van der Waals surface area (Å²) in [5.74, 6) is 0.628. The van der Waals surface area contributed by atoms with E-state index in [0.717, 1.165) is 11.3 Å². The minimum Gasteiger partial charge on any atom is -0.268 e. The first-order valence-corrected chi connectivity index (χ1v) is 14.8. The molecule has 1 unspecified atom stereocenters. The molecule has 5 rings (SSSR count). The number of rotatable bonds is 7. The molecule has 1 atom stereocenters. The fourth-order valence-corrected chi connectivity index (χ4v) is 5.89. The van der Waals surface area contributed by atoms with E-state index < -0.39 is 0 Å². The van der Waals surface area contributed by atoms with Crippen molar-refractivity contribution in [3.05, 3.63) is 143 Å². The second-order valence-corrected chi connectivity index (χ2v) is 11.6. The van der Waals surface area contributed by atoms with Crippen molar-refractivity contribution in [3.63, 3.8) is 0 Å². The fourth-order valence-electron chi connectivity index (χ4n) is 5.89. The summed E-state index contributed by atoms with van der Waals surface area (Å²) in [5.41, 5.74) is 16.0. The van der Waals surface area contributed by atoms with Crippen molar-refractivity contribution in [2.24, 2.45) is 10.9 Å². The number of aliphatic imine (C=N–C) groups is 1. The highest BCUT2D eigenvalue weighted by Crippen LogP contribution is 2.40. The SMILES string of the molecule is C=NC1=C(C)C=C/C(=C/C=C(\C)c2ccc(C(C)C)c(-c3c(C)cccc3-c3ccc(-c4cccnc4)cc3)c2)C1C. The quantitative estimate of drug-likeness (QED) is 0.211. The molecule has 0 N–H and O–H groups in total. The minimum atomic E-state index is 0.231. The molecule has 2 nitrogen and oxygen atoms in total. The molecule has 0 bridgehead atoms. The summed E-state index contributed by atoms with van der Waals surface area (Å²) in [5, 5.41) is 0. The Morgan fingerprint density at radius 3 is 2.33 bits per heavy atom. The molecule has 4 aromatic rings. The Balaban J connectivity index is 1.57. The van der Waals surface area contributed by atoms with Gasteiger partial charge in [0.05, 0.1) is 0 Å². The zero-order valence-electron chi connectivity index (χ0n) is 25.6. The van der Waals surface area contributed by atoms with Crippen LogP contribution in [0.2, 0.25) is 0 Å². The zero-order valence-corrected chi connectivity index (χ0v) is 25.6. The number of hydrogen-bond donors (Lipinski definition) is 0. The van der Waals surface area contributed by atoms with E-state index in [4.69, 9.17) is 0 Å². The van der Waals surface area contributed by atoms with Crippen molar-refractivity contribution in [2.75, 3.05) is 0 Å². The molecule has 0 amide bonds. The normalized spacial score (nSPS) is 16.4. The van der Waals surface area contributed by atoms with Gasteiger partial charge in [0, 0.05) is 24.0 Å². The third kappa shape index (κ3) is 5.90. The van der Waals surface area contributed by atoms with Gasteiger partial charge in [-0.1, -0.05) is 106 Å². The first-order valence-electron chi connectivity index (χ1n) is 14.8. The first kappa shape index (κ1) is 29.0. The lowest BCUT2D eigenvalue weighted by Gasteiger charge is -2.21. The topological polar surface area (TPSA) is 25.2 Å². The van der Waals surface area contributed by atoms with Gasteiger partial charge in [0.15, 0.2) is 0 Å². The van der Waals surface area contributed by atoms with E-state index in [1.54, 1.807) is 0 Å². The predicted octanol–water partition coefficient (Wildman–Crippen LogP) is 11.0. The number of benzene rings is 3. The summed E-state index contributed by atoms with van der Waals surface area (Å²) < 4.78 is 0. The second kappa shape index (κ2) is 12.5. The van der Waals surface area contributed by atoms with E-state index in [1.807, 2.05) is 18.5 Å². The zero-order chi connectivity index (χ0) is 29.8. The number of pyridine rings is 1. The molecule has 0 radical (unpaired) electrons. The molecule has 210 valence electrons. The third-order valence-electron chi connectivity index (χ3n) is 8.40. The van der Waals surface area contributed by atoms with Gasteiger partial charge in [-0.2, -0.15) is 0 Å². The molecule has 42 heavy (non-hydrogen) atoms. The van der Waals surface area contributed by atoms with Gasteiger partial charge in [-0.15, -0.1) is 0 Å². The van der Waals surface area contributed by atoms with Crippen LogP contribution in [0.15, 0.2) is 131 Å². The molecule has 3 aromatic carbocycles. The van der Waals surface area contributed by atoms with E-state index in [0.29, 0.717) is 5.92 Å². The van der Waals surface area contributed by atoms with Crippen LogP contribution in [0.1, 0.15) is 57.2 Å². The Bertz CT molecular complexity index is 1730. The first-order chi connectivity index (χ1) is 20.3. The van der Waals surface area contributed by atoms with Crippen molar-refractivity contribution in [1.29, 1.82) is 0 Å². The molecule has 0 saturated heterocycles. The van der Waals surface area contributed by atoms with Crippen LogP contribution in [0.25, 0.3) is 39.0 Å². The molecule has 0 spiro atoms. The standard InChI is InChI=1S/C40H40N2/c1-26(2)36-22-21-34(27(3)13-15-31-16-14-29(5)40(41-7)30(31)6)24-38(36)39-28(4)10-8-12-37(39)33-19-17-32(18-20-33)35-11-9-23-42-25-35/h8-26,30H,7H2,1-6H3/b27-13+,31-15-. The summed E-state index contributed by atoms with van der Waals surface area (Å²) in [6.45, 7) is 17.1. The summed E-state index contributed by atoms with van der Waals surface area (Å²) in [6, 6.07) is 26.6. The third-order valence-corrected chi connectivity index (χ3v) is 8.40. The highest BCUT2D eigenvalue weighted by atomic mass is 14.7. The lowest BCUT2D eigenvalue weighted by molar-refractivity contribution is 0.791. The Morgan fingerprint density at radius 1 is 0.881 bits per heavy atom. The highest BCUT2D eigenvalue weighted by Gasteiger charge is 2.18. The van der Waals surface area contributed by atoms with Gasteiger partial charge in [0.25, 0.3) is 0 Å². The number of allylic oxidation sites excluding steroid dienone is 7. The fraction of sp³-hybridized carbons (Fsp3) is 0.200. The van der Waals surface area contributed by atoms with Gasteiger partial charge in [-0.25, -0.2) is 0 Å². The van der Waals surface area contributed by atoms with Gasteiger partial charge in [0.2, 0.25) is 0 Å². The molecule has 0 saturated carbocycles. The van der Waals surface area contributed by atoms with Crippen LogP contribution in [-0.4, -0.2) is 11.7 Å². The largest absolute Gasteiger partial charge is 0.268 e. The van der Waals surface area contributed by atoms with E-state index in [2.05, 4.69) is 149 Å². The molecular weight excluding hydrogens is 508 g/mol. The maximum Gasteiger partial charge on any atom is 0.0497 e. The molecule has 0 aliphatic heterocycles. The van der Waals surface area contributed by atoms with Gasteiger partial charge in [0.1, 0.15) is 0 Å². The van der Waals surface area contributed by atoms with Gasteiger partial charge >= 0.3 is 0 Å². The van der Waals surface area contributed by atoms with Crippen molar-refractivity contribution in [2.45, 2.75) is 47.5 Å². The minimum absolute atomic E-state index is 0.231. The number of nitrogens with zero attached hydrogens (tertiary/aromatic N) is 2. The number of hydrogen-bond acceptors (Lipinski definition) is 2. The molecule has 1 heterocycles. The number of aromatic nitrogens is 1. The highest BCUT2D eigenvalue weighted by molar-refractivity contribution is 5.89. The Hall–Kier alpha value is -4.56. The maximum atomic E-state index is 4.29. The molecule has 1 aromatic heterocycles. The van der Waals surface area contributed by atoms with Crippen molar-refractivity contribution >= 4 is 12.3 Å². The van der Waals surface area contributed by atoms with Crippen LogP contribution < -0.4 is 0 Å². The molecule has 0 fully saturated rings. The van der Waals surface area contributed by atoms with E-state index in [1.165, 1.54) is 61.2 Å². The van der Waals surface area contributed by atoms with Gasteiger partial charge in [-0.05, 0) is 112 Å². The van der Waals surface area contributed by atoms with Crippen LogP contribution in [0.3, 0.4) is 0 Å². The Labute approximate surface area is 251 Å². The molecule has 1 aliphatic rings. The lowest BCUT2D eigenvalue weighted by atomic mass is 9.84. The Morgan fingerprint density at radius 2 is 1.64 bits per heavy atom. The van der Waals surface area contributed by atoms with E-state index >= 15 is 0 Å². The van der Waals surface area contributed by atoms with Crippen LogP contribution in [0.4, 0.5) is 0 Å². The summed E-state index contributed by atoms with van der Waals surface area (Å²) in [7, 11) is 0. The van der Waals surface area contributed by atoms with Crippen LogP contribution in [-0.2, 0) is 0 Å². The van der Waals surface area contributed by atoms with Gasteiger partial charge in [-0.3, -0.25) is 9.98 Å². The monoisotopic (exact) mass is 548 g/mol. The summed E-state index contributed by atoms with van der Waals surface area (Å²) in [4.78, 5) is 8.58. The summed E-state index contributed by atoms with van der Waals surface area (Å²) >= 11 is 0. The molecule has 2 heteroatoms. The van der Waals surface area contributed by atoms with Crippen molar-refractivity contribution < 1.29 is 0 Å². The van der Waals surface area contributed by atoms with E-state index in [9.17, 15) is 0 Å². The Kier molecular flexibility index (Phi) is 8.64.